The molecule has 6 nitrogen and oxygen atoms in total. The topological polar surface area (TPSA) is 80.0 Å². The molecule has 0 aromatic carbocycles. The number of ether oxygens (including phenoxy) is 4. The fourth-order valence-electron chi connectivity index (χ4n) is 10.4. The number of rotatable bonds is 11. The summed E-state index contributed by atoms with van der Waals surface area (Å²) >= 11 is 0. The lowest BCUT2D eigenvalue weighted by Gasteiger charge is -2.66. The van der Waals surface area contributed by atoms with Gasteiger partial charge in [0, 0.05) is 26.1 Å². The van der Waals surface area contributed by atoms with E-state index < -0.39 is 0 Å². The third kappa shape index (κ3) is 5.14. The summed E-state index contributed by atoms with van der Waals surface area (Å²) in [6.07, 6.45) is 10.3. The quantitative estimate of drug-likeness (QED) is 0.337. The van der Waals surface area contributed by atoms with Crippen LogP contribution in [0.25, 0.3) is 0 Å². The zero-order valence-electron chi connectivity index (χ0n) is 24.7. The second-order valence-corrected chi connectivity index (χ2v) is 13.7. The van der Waals surface area contributed by atoms with Crippen LogP contribution in [0.3, 0.4) is 0 Å². The predicted octanol–water partition coefficient (Wildman–Crippen LogP) is 6.02. The van der Waals surface area contributed by atoms with Crippen LogP contribution in [0.5, 0.6) is 0 Å². The molecule has 0 bridgehead atoms. The first-order valence-corrected chi connectivity index (χ1v) is 15.1. The van der Waals surface area contributed by atoms with E-state index >= 15 is 0 Å². The molecule has 37 heavy (non-hydrogen) atoms. The molecule has 0 radical (unpaired) electrons. The van der Waals surface area contributed by atoms with E-state index in [9.17, 15) is 4.79 Å². The molecule has 4 aliphatic carbocycles. The summed E-state index contributed by atoms with van der Waals surface area (Å²) in [5.41, 5.74) is 5.90. The SMILES string of the molecule is CC[C@H]1C(OCOC)C2C3CC[C@H]([C@H](C)CCC(N)=O)[C@@]3(C)[C@@H](OCOC)CC2[C@@]2(C)CC[C@@H](C)C[C@@H]12. The van der Waals surface area contributed by atoms with Gasteiger partial charge in [-0.25, -0.2) is 0 Å². The Morgan fingerprint density at radius 2 is 1.70 bits per heavy atom. The second kappa shape index (κ2) is 11.8. The molecule has 12 atom stereocenters. The van der Waals surface area contributed by atoms with Crippen LogP contribution in [0.15, 0.2) is 0 Å². The molecule has 0 heterocycles. The zero-order chi connectivity index (χ0) is 27.0. The molecule has 4 rings (SSSR count). The van der Waals surface area contributed by atoms with E-state index in [0.29, 0.717) is 66.8 Å². The fraction of sp³-hybridized carbons (Fsp3) is 0.968. The molecule has 0 saturated heterocycles. The van der Waals surface area contributed by atoms with Crippen LogP contribution in [-0.4, -0.2) is 45.9 Å². The minimum absolute atomic E-state index is 0.0227. The van der Waals surface area contributed by atoms with Gasteiger partial charge in [-0.2, -0.15) is 0 Å². The summed E-state index contributed by atoms with van der Waals surface area (Å²) < 4.78 is 24.4. The van der Waals surface area contributed by atoms with Crippen molar-refractivity contribution in [3.05, 3.63) is 0 Å². The van der Waals surface area contributed by atoms with Crippen LogP contribution in [0.2, 0.25) is 0 Å². The van der Waals surface area contributed by atoms with Crippen LogP contribution in [0.1, 0.15) is 92.4 Å². The van der Waals surface area contributed by atoms with E-state index in [4.69, 9.17) is 24.7 Å². The highest BCUT2D eigenvalue weighted by atomic mass is 16.7. The van der Waals surface area contributed by atoms with E-state index in [-0.39, 0.29) is 23.5 Å². The van der Waals surface area contributed by atoms with E-state index in [1.165, 1.54) is 32.1 Å². The van der Waals surface area contributed by atoms with Gasteiger partial charge in [0.15, 0.2) is 0 Å². The molecule has 0 aromatic rings. The average Bonchev–Trinajstić information content (AvgIpc) is 3.23. The minimum atomic E-state index is -0.195. The Hall–Kier alpha value is -0.690. The molecule has 0 aliphatic heterocycles. The van der Waals surface area contributed by atoms with Gasteiger partial charge in [0.05, 0.1) is 12.2 Å². The van der Waals surface area contributed by atoms with Crippen molar-refractivity contribution in [2.24, 2.45) is 63.9 Å². The van der Waals surface area contributed by atoms with Crippen molar-refractivity contribution >= 4 is 5.91 Å². The highest BCUT2D eigenvalue weighted by molar-refractivity contribution is 5.73. The summed E-state index contributed by atoms with van der Waals surface area (Å²) in [6.45, 7) is 13.0. The van der Waals surface area contributed by atoms with Gasteiger partial charge in [-0.15, -0.1) is 0 Å². The first-order chi connectivity index (χ1) is 17.6. The molecule has 6 heteroatoms. The van der Waals surface area contributed by atoms with Crippen molar-refractivity contribution in [2.45, 2.75) is 105 Å². The summed E-state index contributed by atoms with van der Waals surface area (Å²) in [7, 11) is 3.48. The van der Waals surface area contributed by atoms with Crippen LogP contribution < -0.4 is 5.73 Å². The van der Waals surface area contributed by atoms with Crippen molar-refractivity contribution in [1.82, 2.24) is 0 Å². The highest BCUT2D eigenvalue weighted by Gasteiger charge is 2.68. The second-order valence-electron chi connectivity index (χ2n) is 13.7. The Kier molecular flexibility index (Phi) is 9.36. The number of carbonyl (C=O) groups excluding carboxylic acids is 1. The molecule has 4 fully saturated rings. The first kappa shape index (κ1) is 29.3. The van der Waals surface area contributed by atoms with Gasteiger partial charge in [-0.05, 0) is 91.3 Å². The van der Waals surface area contributed by atoms with Crippen LogP contribution in [-0.2, 0) is 23.7 Å². The van der Waals surface area contributed by atoms with Gasteiger partial charge in [-0.3, -0.25) is 4.79 Å². The Balaban J connectivity index is 1.75. The van der Waals surface area contributed by atoms with Gasteiger partial charge in [0.1, 0.15) is 13.6 Å². The Bertz CT molecular complexity index is 777. The number of carbonyl (C=O) groups is 1. The average molecular weight is 522 g/mol. The van der Waals surface area contributed by atoms with E-state index in [1.54, 1.807) is 14.2 Å². The van der Waals surface area contributed by atoms with Crippen LogP contribution >= 0.6 is 0 Å². The maximum Gasteiger partial charge on any atom is 0.217 e. The summed E-state index contributed by atoms with van der Waals surface area (Å²) in [4.78, 5) is 11.6. The lowest BCUT2D eigenvalue weighted by Crippen LogP contribution is -2.65. The van der Waals surface area contributed by atoms with Gasteiger partial charge in [-0.1, -0.05) is 47.5 Å². The Morgan fingerprint density at radius 1 is 1.00 bits per heavy atom. The molecule has 4 unspecified atom stereocenters. The molecule has 0 aromatic heterocycles. The lowest BCUT2D eigenvalue weighted by molar-refractivity contribution is -0.262. The molecule has 4 saturated carbocycles. The van der Waals surface area contributed by atoms with Gasteiger partial charge >= 0.3 is 0 Å². The maximum absolute atomic E-state index is 11.6. The Morgan fingerprint density at radius 3 is 2.35 bits per heavy atom. The van der Waals surface area contributed by atoms with Crippen molar-refractivity contribution in [1.29, 1.82) is 0 Å². The number of hydrogen-bond donors (Lipinski definition) is 1. The van der Waals surface area contributed by atoms with Crippen molar-refractivity contribution in [2.75, 3.05) is 27.8 Å². The minimum Gasteiger partial charge on any atom is -0.370 e. The zero-order valence-corrected chi connectivity index (χ0v) is 24.7. The first-order valence-electron chi connectivity index (χ1n) is 15.1. The Labute approximate surface area is 226 Å². The van der Waals surface area contributed by atoms with Crippen molar-refractivity contribution in [3.8, 4) is 0 Å². The standard InChI is InChI=1S/C31H55NO5/c1-8-21-24-15-19(2)13-14-30(24,4)25-16-26(36-17-34-6)31(5)22(20(3)9-12-27(32)33)10-11-23(31)28(25)29(21)37-18-35-7/h19-26,28-29H,8-18H2,1-7H3,(H2,32,33)/t19-,20-,21-,22-,23?,24+,25?,26+,28?,29?,30+,31-/m1/s1. The maximum atomic E-state index is 11.6. The number of amides is 1. The van der Waals surface area contributed by atoms with Gasteiger partial charge in [0.2, 0.25) is 5.91 Å². The number of nitrogens with two attached hydrogens (primary N) is 1. The van der Waals surface area contributed by atoms with E-state index in [0.717, 1.165) is 25.2 Å². The number of methoxy groups -OCH3 is 2. The fourth-order valence-corrected chi connectivity index (χ4v) is 10.4. The van der Waals surface area contributed by atoms with E-state index in [2.05, 4.69) is 34.6 Å². The highest BCUT2D eigenvalue weighted by Crippen LogP contribution is 2.70. The van der Waals surface area contributed by atoms with Gasteiger partial charge in [0.25, 0.3) is 0 Å². The number of hydrogen-bond acceptors (Lipinski definition) is 5. The molecule has 214 valence electrons. The molecule has 4 aliphatic rings. The normalized spacial score (nSPS) is 46.1. The predicted molar refractivity (Wildman–Crippen MR) is 145 cm³/mol. The summed E-state index contributed by atoms with van der Waals surface area (Å²) in [5.74, 6) is 4.38. The summed E-state index contributed by atoms with van der Waals surface area (Å²) in [6, 6.07) is 0. The van der Waals surface area contributed by atoms with Crippen LogP contribution in [0.4, 0.5) is 0 Å². The smallest absolute Gasteiger partial charge is 0.217 e. The van der Waals surface area contributed by atoms with Crippen LogP contribution in [0, 0.1) is 58.2 Å². The van der Waals surface area contributed by atoms with Gasteiger partial charge < -0.3 is 24.7 Å². The molecule has 1 amide bonds. The lowest BCUT2D eigenvalue weighted by atomic mass is 9.40. The number of primary amides is 1. The molecule has 2 N–H and O–H groups in total. The molecule has 0 spiro atoms. The third-order valence-electron chi connectivity index (χ3n) is 12.1. The van der Waals surface area contributed by atoms with E-state index in [1.807, 2.05) is 0 Å². The summed E-state index contributed by atoms with van der Waals surface area (Å²) in [5, 5.41) is 0. The number of fused-ring (bicyclic) bond motifs is 5. The third-order valence-corrected chi connectivity index (χ3v) is 12.1. The monoisotopic (exact) mass is 521 g/mol. The largest absolute Gasteiger partial charge is 0.370 e. The van der Waals surface area contributed by atoms with Crippen molar-refractivity contribution in [3.63, 3.8) is 0 Å². The molecular weight excluding hydrogens is 466 g/mol. The molecular formula is C31H55NO5. The van der Waals surface area contributed by atoms with Crippen molar-refractivity contribution < 1.29 is 23.7 Å².